The van der Waals surface area contributed by atoms with Gasteiger partial charge < -0.3 is 15.4 Å². The number of benzene rings is 1. The molecule has 1 aliphatic rings. The number of methoxy groups -OCH3 is 1. The van der Waals surface area contributed by atoms with E-state index < -0.39 is 0 Å². The Morgan fingerprint density at radius 3 is 3.00 bits per heavy atom. The highest BCUT2D eigenvalue weighted by molar-refractivity contribution is 5.94. The number of hydrogen-bond acceptors (Lipinski definition) is 3. The minimum atomic E-state index is 0.0600. The lowest BCUT2D eigenvalue weighted by atomic mass is 9.98. The summed E-state index contributed by atoms with van der Waals surface area (Å²) in [6, 6.07) is 5.79. The number of amides is 1. The first-order chi connectivity index (χ1) is 8.70. The van der Waals surface area contributed by atoms with E-state index in [1.807, 2.05) is 25.1 Å². The van der Waals surface area contributed by atoms with Crippen molar-refractivity contribution in [2.24, 2.45) is 5.92 Å². The first kappa shape index (κ1) is 12.9. The number of rotatable bonds is 3. The zero-order chi connectivity index (χ0) is 13.0. The van der Waals surface area contributed by atoms with Gasteiger partial charge in [0.2, 0.25) is 5.91 Å². The SMILES string of the molecule is COc1cc(C)ccc1NC(=O)C1CCCNC1. The number of nitrogens with one attached hydrogen (secondary N) is 2. The van der Waals surface area contributed by atoms with Crippen molar-refractivity contribution in [3.8, 4) is 5.75 Å². The normalized spacial score (nSPS) is 19.3. The summed E-state index contributed by atoms with van der Waals surface area (Å²) >= 11 is 0. The van der Waals surface area contributed by atoms with Crippen molar-refractivity contribution in [1.29, 1.82) is 0 Å². The zero-order valence-electron chi connectivity index (χ0n) is 11.0. The lowest BCUT2D eigenvalue weighted by Crippen LogP contribution is -2.37. The second kappa shape index (κ2) is 5.87. The molecule has 1 amide bonds. The minimum absolute atomic E-state index is 0.0600. The third kappa shape index (κ3) is 3.01. The van der Waals surface area contributed by atoms with Crippen LogP contribution in [0.4, 0.5) is 5.69 Å². The molecule has 18 heavy (non-hydrogen) atoms. The molecular weight excluding hydrogens is 228 g/mol. The third-order valence-electron chi connectivity index (χ3n) is 3.28. The van der Waals surface area contributed by atoms with Crippen LogP contribution in [-0.2, 0) is 4.79 Å². The molecule has 1 atom stereocenters. The van der Waals surface area contributed by atoms with Crippen LogP contribution in [0.1, 0.15) is 18.4 Å². The van der Waals surface area contributed by atoms with Crippen LogP contribution in [0.15, 0.2) is 18.2 Å². The van der Waals surface area contributed by atoms with E-state index in [1.165, 1.54) is 0 Å². The van der Waals surface area contributed by atoms with Gasteiger partial charge in [0.25, 0.3) is 0 Å². The second-order valence-corrected chi connectivity index (χ2v) is 4.74. The van der Waals surface area contributed by atoms with Crippen LogP contribution in [0.3, 0.4) is 0 Å². The van der Waals surface area contributed by atoms with Crippen LogP contribution < -0.4 is 15.4 Å². The van der Waals surface area contributed by atoms with Gasteiger partial charge in [-0.3, -0.25) is 4.79 Å². The van der Waals surface area contributed by atoms with Crippen molar-refractivity contribution in [2.45, 2.75) is 19.8 Å². The van der Waals surface area contributed by atoms with Crippen molar-refractivity contribution >= 4 is 11.6 Å². The molecule has 0 aromatic heterocycles. The molecule has 0 radical (unpaired) electrons. The maximum absolute atomic E-state index is 12.1. The zero-order valence-corrected chi connectivity index (χ0v) is 11.0. The van der Waals surface area contributed by atoms with E-state index in [0.29, 0.717) is 5.75 Å². The fourth-order valence-corrected chi connectivity index (χ4v) is 2.21. The molecule has 2 N–H and O–H groups in total. The smallest absolute Gasteiger partial charge is 0.228 e. The van der Waals surface area contributed by atoms with Gasteiger partial charge in [-0.05, 0) is 44.0 Å². The average molecular weight is 248 g/mol. The Balaban J connectivity index is 2.06. The summed E-state index contributed by atoms with van der Waals surface area (Å²) in [4.78, 5) is 12.1. The molecule has 0 bridgehead atoms. The number of hydrogen-bond donors (Lipinski definition) is 2. The van der Waals surface area contributed by atoms with Crippen LogP contribution in [0.25, 0.3) is 0 Å². The Morgan fingerprint density at radius 1 is 1.50 bits per heavy atom. The van der Waals surface area contributed by atoms with E-state index in [-0.39, 0.29) is 11.8 Å². The largest absolute Gasteiger partial charge is 0.495 e. The molecule has 1 aliphatic heterocycles. The van der Waals surface area contributed by atoms with Gasteiger partial charge in [-0.1, -0.05) is 6.07 Å². The van der Waals surface area contributed by atoms with Gasteiger partial charge in [0, 0.05) is 6.54 Å². The van der Waals surface area contributed by atoms with E-state index in [4.69, 9.17) is 4.74 Å². The predicted octanol–water partition coefficient (Wildman–Crippen LogP) is 1.94. The van der Waals surface area contributed by atoms with Gasteiger partial charge in [-0.15, -0.1) is 0 Å². The molecule has 1 unspecified atom stereocenters. The highest BCUT2D eigenvalue weighted by Crippen LogP contribution is 2.26. The first-order valence-corrected chi connectivity index (χ1v) is 6.37. The number of ether oxygens (including phenoxy) is 1. The molecule has 4 nitrogen and oxygen atoms in total. The molecule has 0 aliphatic carbocycles. The summed E-state index contributed by atoms with van der Waals surface area (Å²) in [6.45, 7) is 3.77. The van der Waals surface area contributed by atoms with Crippen LogP contribution in [0.5, 0.6) is 5.75 Å². The van der Waals surface area contributed by atoms with Gasteiger partial charge in [0.05, 0.1) is 18.7 Å². The monoisotopic (exact) mass is 248 g/mol. The summed E-state index contributed by atoms with van der Waals surface area (Å²) in [6.07, 6.45) is 2.01. The maximum Gasteiger partial charge on any atom is 0.228 e. The topological polar surface area (TPSA) is 50.4 Å². The fraction of sp³-hybridized carbons (Fsp3) is 0.500. The number of piperidine rings is 1. The van der Waals surface area contributed by atoms with E-state index >= 15 is 0 Å². The summed E-state index contributed by atoms with van der Waals surface area (Å²) in [5.74, 6) is 0.848. The highest BCUT2D eigenvalue weighted by Gasteiger charge is 2.21. The van der Waals surface area contributed by atoms with Gasteiger partial charge in [0.1, 0.15) is 5.75 Å². The van der Waals surface area contributed by atoms with Crippen molar-refractivity contribution in [1.82, 2.24) is 5.32 Å². The molecule has 98 valence electrons. The molecule has 1 saturated heterocycles. The lowest BCUT2D eigenvalue weighted by Gasteiger charge is -2.22. The van der Waals surface area contributed by atoms with E-state index in [9.17, 15) is 4.79 Å². The van der Waals surface area contributed by atoms with E-state index in [0.717, 1.165) is 37.2 Å². The second-order valence-electron chi connectivity index (χ2n) is 4.74. The average Bonchev–Trinajstić information content (AvgIpc) is 2.41. The Morgan fingerprint density at radius 2 is 2.33 bits per heavy atom. The number of aryl methyl sites for hydroxylation is 1. The number of carbonyl (C=O) groups is 1. The van der Waals surface area contributed by atoms with Crippen LogP contribution in [-0.4, -0.2) is 26.1 Å². The van der Waals surface area contributed by atoms with Crippen molar-refractivity contribution < 1.29 is 9.53 Å². The summed E-state index contributed by atoms with van der Waals surface area (Å²) in [5, 5.41) is 6.20. The molecule has 1 aromatic carbocycles. The summed E-state index contributed by atoms with van der Waals surface area (Å²) in [7, 11) is 1.62. The first-order valence-electron chi connectivity index (χ1n) is 6.37. The van der Waals surface area contributed by atoms with Crippen molar-refractivity contribution in [2.75, 3.05) is 25.5 Å². The fourth-order valence-electron chi connectivity index (χ4n) is 2.21. The molecule has 1 aromatic rings. The Hall–Kier alpha value is -1.55. The Bertz CT molecular complexity index is 426. The van der Waals surface area contributed by atoms with Gasteiger partial charge >= 0.3 is 0 Å². The number of carbonyl (C=O) groups excluding carboxylic acids is 1. The maximum atomic E-state index is 12.1. The minimum Gasteiger partial charge on any atom is -0.495 e. The summed E-state index contributed by atoms with van der Waals surface area (Å²) in [5.41, 5.74) is 1.86. The molecule has 1 fully saturated rings. The molecule has 1 heterocycles. The van der Waals surface area contributed by atoms with Crippen molar-refractivity contribution in [3.05, 3.63) is 23.8 Å². The number of anilines is 1. The van der Waals surface area contributed by atoms with E-state index in [1.54, 1.807) is 7.11 Å². The summed E-state index contributed by atoms with van der Waals surface area (Å²) < 4.78 is 5.28. The van der Waals surface area contributed by atoms with Gasteiger partial charge in [-0.2, -0.15) is 0 Å². The third-order valence-corrected chi connectivity index (χ3v) is 3.28. The molecule has 4 heteroatoms. The van der Waals surface area contributed by atoms with Crippen LogP contribution in [0, 0.1) is 12.8 Å². The van der Waals surface area contributed by atoms with Gasteiger partial charge in [-0.25, -0.2) is 0 Å². The molecule has 2 rings (SSSR count). The highest BCUT2D eigenvalue weighted by atomic mass is 16.5. The van der Waals surface area contributed by atoms with Crippen molar-refractivity contribution in [3.63, 3.8) is 0 Å². The molecule has 0 spiro atoms. The molecule has 0 saturated carbocycles. The van der Waals surface area contributed by atoms with E-state index in [2.05, 4.69) is 10.6 Å². The Kier molecular flexibility index (Phi) is 4.20. The molecular formula is C14H20N2O2. The Labute approximate surface area is 108 Å². The quantitative estimate of drug-likeness (QED) is 0.859. The predicted molar refractivity (Wildman–Crippen MR) is 72.0 cm³/mol. The van der Waals surface area contributed by atoms with Gasteiger partial charge in [0.15, 0.2) is 0 Å². The standard InChI is InChI=1S/C14H20N2O2/c1-10-5-6-12(13(8-10)18-2)16-14(17)11-4-3-7-15-9-11/h5-6,8,11,15H,3-4,7,9H2,1-2H3,(H,16,17). The lowest BCUT2D eigenvalue weighted by molar-refractivity contribution is -0.120. The van der Waals surface area contributed by atoms with Crippen LogP contribution >= 0.6 is 0 Å². The van der Waals surface area contributed by atoms with Crippen LogP contribution in [0.2, 0.25) is 0 Å².